The van der Waals surface area contributed by atoms with E-state index in [4.69, 9.17) is 30.9 Å². The van der Waals surface area contributed by atoms with E-state index in [0.29, 0.717) is 139 Å². The van der Waals surface area contributed by atoms with E-state index in [2.05, 4.69) is 41.9 Å². The summed E-state index contributed by atoms with van der Waals surface area (Å²) in [5, 5.41) is 74.2. The van der Waals surface area contributed by atoms with Crippen LogP contribution in [0, 0.1) is 0 Å². The first-order valence-electron chi connectivity index (χ1n) is 38.1. The number of hydrogen-bond donors (Lipinski definition) is 16. The summed E-state index contributed by atoms with van der Waals surface area (Å²) in [7, 11) is 2.45. The van der Waals surface area contributed by atoms with Gasteiger partial charge in [0.05, 0.1) is 49.8 Å². The number of amides is 6. The molecule has 9 aromatic rings. The molecule has 3 aromatic heterocycles. The fourth-order valence-corrected chi connectivity index (χ4v) is 13.8. The Morgan fingerprint density at radius 2 is 0.617 bits per heavy atom. The topological polar surface area (TPSA) is 526 Å². The van der Waals surface area contributed by atoms with Crippen LogP contribution >= 0.6 is 0 Å². The predicted molar refractivity (Wildman–Crippen MR) is 443 cm³/mol. The van der Waals surface area contributed by atoms with Gasteiger partial charge in [0.1, 0.15) is 47.8 Å². The standard InChI is InChI=1S/C88H86N12O20/c1-119-87(117)67(7-3-5-41-89)95-79(107)53-21-13-49(14-22-53)75-59-33-37-63(91-59)77(51-17-25-55(26-18-51)81(109)97-69(43-47-9-29-57(101)30-10-47)83(111)99-71(85(113)114)45-73(103)104)65-39-35-61(93-65)76(50-15-23-54(24-16-50)80(108)96-68(88(118)120-2)8-4-6-42-90)62-36-40-66(94-62)78(64-38-34-60(75)92-64)52-19-27-56(28-20-52)82(110)98-70(44-48-11-31-58(102)32-12-48)84(112)100-72(86(115)116)46-74(105)106/h9-40,67-72,91,94,101-102H,3-8,41-46,89-90H2,1-2H3,(H,95,107)(H,96,108)(H,97,109)(H,98,110)(H,99,111)(H,100,112)(H,103,104)(H,105,106)(H,113,114)(H,115,116)/t67-,68-,69-,70-,71-,72-/m0/s1. The van der Waals surface area contributed by atoms with E-state index < -0.39 is 120 Å². The Balaban J connectivity index is 1.09. The number of aromatic amines is 2. The SMILES string of the molecule is COC(=O)[C@H](CCCCN)NC(=O)c1ccc(-c2c3nc(c(-c4ccc(C(=O)N[C@@H](Cc5ccc(O)cc5)C(=O)N[C@@H](CC(=O)O)C(=O)O)cc4)c4ccc([nH]4)c(-c4ccc(C(=O)N[C@@H](CCCCN)C(=O)OC)cc4)c4nc(c(-c5ccc(C(=O)N[C@@H](Cc6ccc(O)cc6)C(=O)N[C@@H](CC(=O)O)C(=O)O)cc5)c5ccc2[nH]5)C=C4)C=C3)cc1. The first-order valence-corrected chi connectivity index (χ1v) is 38.1. The van der Waals surface area contributed by atoms with Gasteiger partial charge in [-0.05, 0) is 206 Å². The van der Waals surface area contributed by atoms with Crippen molar-refractivity contribution in [2.45, 2.75) is 100 Å². The molecule has 0 saturated carbocycles. The summed E-state index contributed by atoms with van der Waals surface area (Å²) in [5.41, 5.74) is 20.2. The number of hydrogen-bond acceptors (Lipinski definition) is 20. The lowest BCUT2D eigenvalue weighted by atomic mass is 10.0. The van der Waals surface area contributed by atoms with E-state index in [9.17, 15) is 88.2 Å². The zero-order chi connectivity index (χ0) is 85.8. The Labute approximate surface area is 685 Å². The molecule has 5 heterocycles. The first kappa shape index (κ1) is 86.0. The van der Waals surface area contributed by atoms with Crippen molar-refractivity contribution < 1.29 is 97.6 Å². The number of aromatic hydroxyl groups is 2. The molecule has 8 bridgehead atoms. The molecule has 6 aromatic carbocycles. The summed E-state index contributed by atoms with van der Waals surface area (Å²) in [6.45, 7) is 0.746. The Morgan fingerprint density at radius 1 is 0.350 bits per heavy atom. The Hall–Kier alpha value is -14.9. The highest BCUT2D eigenvalue weighted by Crippen LogP contribution is 2.39. The van der Waals surface area contributed by atoms with Crippen LogP contribution in [0.25, 0.3) is 90.9 Å². The van der Waals surface area contributed by atoms with Gasteiger partial charge in [0.25, 0.3) is 23.6 Å². The van der Waals surface area contributed by atoms with Crippen LogP contribution in [0.5, 0.6) is 11.5 Å². The molecule has 0 saturated heterocycles. The van der Waals surface area contributed by atoms with E-state index in [1.165, 1.54) is 87.0 Å². The van der Waals surface area contributed by atoms with Gasteiger partial charge in [-0.2, -0.15) is 0 Å². The maximum absolute atomic E-state index is 14.5. The number of phenols is 2. The van der Waals surface area contributed by atoms with Crippen molar-refractivity contribution in [3.8, 4) is 56.0 Å². The number of carbonyl (C=O) groups excluding carboxylic acids is 8. The first-order chi connectivity index (χ1) is 57.7. The van der Waals surface area contributed by atoms with Gasteiger partial charge in [-0.1, -0.05) is 72.8 Å². The van der Waals surface area contributed by atoms with Crippen LogP contribution in [0.1, 0.15) is 127 Å². The van der Waals surface area contributed by atoms with E-state index in [0.717, 1.165) is 0 Å². The number of methoxy groups -OCH3 is 2. The van der Waals surface area contributed by atoms with Crippen LogP contribution < -0.4 is 43.4 Å². The number of carboxylic acid groups (broad SMARTS) is 4. The van der Waals surface area contributed by atoms with E-state index in [-0.39, 0.29) is 59.4 Å². The predicted octanol–water partition coefficient (Wildman–Crippen LogP) is 8.31. The number of aliphatic carboxylic acids is 4. The van der Waals surface area contributed by atoms with Crippen molar-refractivity contribution in [3.63, 3.8) is 0 Å². The van der Waals surface area contributed by atoms with E-state index in [1.54, 1.807) is 109 Å². The minimum Gasteiger partial charge on any atom is -0.508 e. The Bertz CT molecular complexity index is 5280. The van der Waals surface area contributed by atoms with Crippen LogP contribution in [-0.2, 0) is 60.7 Å². The number of phenolic OH excluding ortho intramolecular Hbond substituents is 2. The minimum atomic E-state index is -1.86. The minimum absolute atomic E-state index is 0.0296. The number of ether oxygens (including phenoxy) is 2. The fourth-order valence-electron chi connectivity index (χ4n) is 13.8. The molecule has 0 spiro atoms. The molecule has 18 N–H and O–H groups in total. The van der Waals surface area contributed by atoms with Crippen molar-refractivity contribution in [1.29, 1.82) is 0 Å². The highest BCUT2D eigenvalue weighted by atomic mass is 16.5. The average Bonchev–Trinajstić information content (AvgIpc) is 1.61. The van der Waals surface area contributed by atoms with Gasteiger partial charge >= 0.3 is 35.8 Å². The number of fused-ring (bicyclic) bond motifs is 8. The van der Waals surface area contributed by atoms with Gasteiger partial charge in [-0.3, -0.25) is 38.4 Å². The summed E-state index contributed by atoms with van der Waals surface area (Å²) in [6, 6.07) is 35.8. The van der Waals surface area contributed by atoms with Gasteiger partial charge in [-0.15, -0.1) is 0 Å². The summed E-state index contributed by atoms with van der Waals surface area (Å²) in [6.07, 6.45) is 7.54. The van der Waals surface area contributed by atoms with Crippen molar-refractivity contribution in [2.75, 3.05) is 27.3 Å². The highest BCUT2D eigenvalue weighted by Gasteiger charge is 2.33. The molecule has 32 heteroatoms. The van der Waals surface area contributed by atoms with Crippen LogP contribution in [-0.4, -0.2) is 185 Å². The second-order valence-electron chi connectivity index (χ2n) is 28.3. The second-order valence-corrected chi connectivity index (χ2v) is 28.3. The molecular weight excluding hydrogens is 1550 g/mol. The summed E-state index contributed by atoms with van der Waals surface area (Å²) in [5.74, 6) is -12.4. The van der Waals surface area contributed by atoms with Gasteiger partial charge < -0.3 is 93.4 Å². The maximum Gasteiger partial charge on any atom is 0.328 e. The summed E-state index contributed by atoms with van der Waals surface area (Å²) in [4.78, 5) is 177. The maximum atomic E-state index is 14.5. The monoisotopic (exact) mass is 1630 g/mol. The molecule has 0 fully saturated rings. The Kier molecular flexibility index (Phi) is 28.4. The number of rotatable bonds is 36. The number of benzene rings is 6. The van der Waals surface area contributed by atoms with Crippen LogP contribution in [0.2, 0.25) is 0 Å². The van der Waals surface area contributed by atoms with Gasteiger partial charge in [0.2, 0.25) is 11.8 Å². The third kappa shape index (κ3) is 21.6. The molecule has 6 amide bonds. The van der Waals surface area contributed by atoms with Gasteiger partial charge in [0.15, 0.2) is 0 Å². The number of carboxylic acids is 4. The van der Waals surface area contributed by atoms with Crippen molar-refractivity contribution in [2.24, 2.45) is 11.5 Å². The smallest absolute Gasteiger partial charge is 0.328 e. The zero-order valence-electron chi connectivity index (χ0n) is 64.9. The molecule has 2 aliphatic rings. The van der Waals surface area contributed by atoms with E-state index in [1.807, 2.05) is 12.1 Å². The number of aromatic nitrogens is 4. The van der Waals surface area contributed by atoms with Crippen molar-refractivity contribution >= 4 is 118 Å². The van der Waals surface area contributed by atoms with Crippen molar-refractivity contribution in [1.82, 2.24) is 51.8 Å². The summed E-state index contributed by atoms with van der Waals surface area (Å²) < 4.78 is 10.1. The number of unbranched alkanes of at least 4 members (excludes halogenated alkanes) is 2. The Morgan fingerprint density at radius 3 is 0.858 bits per heavy atom. The molecule has 0 aliphatic carbocycles. The molecule has 120 heavy (non-hydrogen) atoms. The van der Waals surface area contributed by atoms with Crippen LogP contribution in [0.4, 0.5) is 0 Å². The molecule has 618 valence electrons. The van der Waals surface area contributed by atoms with E-state index >= 15 is 0 Å². The van der Waals surface area contributed by atoms with Crippen molar-refractivity contribution in [3.05, 3.63) is 226 Å². The number of nitrogens with zero attached hydrogens (tertiary/aromatic N) is 2. The second kappa shape index (κ2) is 39.6. The molecule has 32 nitrogen and oxygen atoms in total. The fraction of sp³-hybridized carbons (Fsp3) is 0.227. The largest absolute Gasteiger partial charge is 0.508 e. The molecule has 0 radical (unpaired) electrons. The number of H-pyrrole nitrogens is 2. The lowest BCUT2D eigenvalue weighted by Crippen LogP contribution is -2.53. The van der Waals surface area contributed by atoms with Crippen LogP contribution in [0.3, 0.4) is 0 Å². The van der Waals surface area contributed by atoms with Gasteiger partial charge in [-0.25, -0.2) is 29.1 Å². The third-order valence-electron chi connectivity index (χ3n) is 20.0. The number of carbonyl (C=O) groups is 12. The molecule has 0 unspecified atom stereocenters. The van der Waals surface area contributed by atoms with Crippen LogP contribution in [0.15, 0.2) is 170 Å². The number of nitrogens with two attached hydrogens (primary N) is 2. The quantitative estimate of drug-likeness (QED) is 0.0130. The molecule has 2 aliphatic heterocycles. The average molecular weight is 1630 g/mol. The zero-order valence-corrected chi connectivity index (χ0v) is 64.9. The normalized spacial score (nSPS) is 12.9. The van der Waals surface area contributed by atoms with Gasteiger partial charge in [0, 0.05) is 79.4 Å². The molecule has 6 atom stereocenters. The lowest BCUT2D eigenvalue weighted by molar-refractivity contribution is -0.147. The lowest BCUT2D eigenvalue weighted by Gasteiger charge is -2.21. The number of nitrogens with one attached hydrogen (secondary N) is 8. The molecule has 11 rings (SSSR count). The molecular formula is C88H86N12O20. The summed E-state index contributed by atoms with van der Waals surface area (Å²) >= 11 is 0. The highest BCUT2D eigenvalue weighted by molar-refractivity contribution is 6.05. The third-order valence-corrected chi connectivity index (χ3v) is 20.0. The number of esters is 2.